The van der Waals surface area contributed by atoms with Crippen LogP contribution in [0.2, 0.25) is 0 Å². The Morgan fingerprint density at radius 2 is 1.79 bits per heavy atom. The van der Waals surface area contributed by atoms with E-state index in [-0.39, 0.29) is 17.6 Å². The molecule has 1 heterocycles. The zero-order chi connectivity index (χ0) is 19.9. The predicted molar refractivity (Wildman–Crippen MR) is 108 cm³/mol. The van der Waals surface area contributed by atoms with E-state index in [1.54, 1.807) is 25.5 Å². The number of hydrogen-bond donors (Lipinski definition) is 2. The highest BCUT2D eigenvalue weighted by atomic mass is 32.2. The number of aromatic nitrogens is 3. The van der Waals surface area contributed by atoms with Gasteiger partial charge in [0.05, 0.1) is 5.75 Å². The SMILES string of the molecule is CNC(=O)c1ccc(CNC(=O)CSc2nncn2-c2ccc(C)cc2)cc1. The van der Waals surface area contributed by atoms with Crippen LogP contribution in [0.25, 0.3) is 5.69 Å². The van der Waals surface area contributed by atoms with Crippen LogP contribution in [0.1, 0.15) is 21.5 Å². The molecule has 0 radical (unpaired) electrons. The normalized spacial score (nSPS) is 10.5. The molecule has 28 heavy (non-hydrogen) atoms. The maximum atomic E-state index is 12.2. The van der Waals surface area contributed by atoms with Gasteiger partial charge in [0.15, 0.2) is 5.16 Å². The van der Waals surface area contributed by atoms with E-state index >= 15 is 0 Å². The second-order valence-electron chi connectivity index (χ2n) is 6.16. The third-order valence-electron chi connectivity index (χ3n) is 4.09. The number of nitrogens with zero attached hydrogens (tertiary/aromatic N) is 3. The minimum atomic E-state index is -0.135. The molecule has 2 aromatic carbocycles. The first-order chi connectivity index (χ1) is 13.6. The van der Waals surface area contributed by atoms with Crippen molar-refractivity contribution in [2.75, 3.05) is 12.8 Å². The Labute approximate surface area is 167 Å². The van der Waals surface area contributed by atoms with E-state index in [0.29, 0.717) is 17.3 Å². The smallest absolute Gasteiger partial charge is 0.251 e. The monoisotopic (exact) mass is 395 g/mol. The molecule has 0 bridgehead atoms. The van der Waals surface area contributed by atoms with Gasteiger partial charge in [-0.25, -0.2) is 0 Å². The largest absolute Gasteiger partial charge is 0.355 e. The van der Waals surface area contributed by atoms with Gasteiger partial charge >= 0.3 is 0 Å². The number of thioether (sulfide) groups is 1. The third-order valence-corrected chi connectivity index (χ3v) is 5.04. The van der Waals surface area contributed by atoms with E-state index in [1.165, 1.54) is 17.3 Å². The quantitative estimate of drug-likeness (QED) is 0.600. The van der Waals surface area contributed by atoms with Crippen molar-refractivity contribution in [1.82, 2.24) is 25.4 Å². The third kappa shape index (κ3) is 4.98. The molecule has 0 unspecified atom stereocenters. The summed E-state index contributed by atoms with van der Waals surface area (Å²) in [4.78, 5) is 23.7. The van der Waals surface area contributed by atoms with Crippen molar-refractivity contribution in [3.05, 3.63) is 71.5 Å². The average molecular weight is 395 g/mol. The molecule has 2 N–H and O–H groups in total. The lowest BCUT2D eigenvalue weighted by molar-refractivity contribution is -0.118. The fourth-order valence-corrected chi connectivity index (χ4v) is 3.26. The van der Waals surface area contributed by atoms with Crippen LogP contribution in [0.4, 0.5) is 0 Å². The second kappa shape index (κ2) is 9.18. The number of hydrogen-bond acceptors (Lipinski definition) is 5. The van der Waals surface area contributed by atoms with Crippen LogP contribution in [-0.4, -0.2) is 39.4 Å². The standard InChI is InChI=1S/C20H21N5O2S/c1-14-3-9-17(10-4-14)25-13-23-24-20(25)28-12-18(26)22-11-15-5-7-16(8-6-15)19(27)21-2/h3-10,13H,11-12H2,1-2H3,(H,21,27)(H,22,26). The maximum Gasteiger partial charge on any atom is 0.251 e. The Morgan fingerprint density at radius 3 is 2.46 bits per heavy atom. The van der Waals surface area contributed by atoms with Crippen LogP contribution in [0.3, 0.4) is 0 Å². The molecule has 0 saturated heterocycles. The van der Waals surface area contributed by atoms with Crippen molar-refractivity contribution < 1.29 is 9.59 Å². The minimum absolute atomic E-state index is 0.0983. The first-order valence-corrected chi connectivity index (χ1v) is 9.73. The summed E-state index contributed by atoms with van der Waals surface area (Å²) in [5.41, 5.74) is 3.64. The second-order valence-corrected chi connectivity index (χ2v) is 7.10. The minimum Gasteiger partial charge on any atom is -0.355 e. The lowest BCUT2D eigenvalue weighted by Crippen LogP contribution is -2.24. The molecular weight excluding hydrogens is 374 g/mol. The van der Waals surface area contributed by atoms with Crippen molar-refractivity contribution in [1.29, 1.82) is 0 Å². The summed E-state index contributed by atoms with van der Waals surface area (Å²) < 4.78 is 1.86. The average Bonchev–Trinajstić information content (AvgIpc) is 3.19. The van der Waals surface area contributed by atoms with Crippen molar-refractivity contribution in [2.45, 2.75) is 18.6 Å². The van der Waals surface area contributed by atoms with Gasteiger partial charge in [-0.2, -0.15) is 0 Å². The number of amides is 2. The molecule has 8 heteroatoms. The van der Waals surface area contributed by atoms with Gasteiger partial charge in [-0.1, -0.05) is 41.6 Å². The highest BCUT2D eigenvalue weighted by Crippen LogP contribution is 2.19. The Bertz CT molecular complexity index is 951. The van der Waals surface area contributed by atoms with Crippen molar-refractivity contribution in [2.24, 2.45) is 0 Å². The van der Waals surface area contributed by atoms with E-state index in [2.05, 4.69) is 20.8 Å². The van der Waals surface area contributed by atoms with Gasteiger partial charge in [0, 0.05) is 24.8 Å². The zero-order valence-corrected chi connectivity index (χ0v) is 16.5. The maximum absolute atomic E-state index is 12.2. The van der Waals surface area contributed by atoms with Gasteiger partial charge in [-0.05, 0) is 36.8 Å². The van der Waals surface area contributed by atoms with E-state index in [1.807, 2.05) is 47.9 Å². The van der Waals surface area contributed by atoms with Crippen molar-refractivity contribution in [3.63, 3.8) is 0 Å². The molecule has 0 aliphatic carbocycles. The molecule has 0 fully saturated rings. The fraction of sp³-hybridized carbons (Fsp3) is 0.200. The summed E-state index contributed by atoms with van der Waals surface area (Å²) in [6.45, 7) is 2.43. The highest BCUT2D eigenvalue weighted by molar-refractivity contribution is 7.99. The molecule has 0 aliphatic heterocycles. The number of rotatable bonds is 7. The molecular formula is C20H21N5O2S. The number of benzene rings is 2. The Morgan fingerprint density at radius 1 is 1.07 bits per heavy atom. The Hall–Kier alpha value is -3.13. The van der Waals surface area contributed by atoms with Crippen LogP contribution in [0, 0.1) is 6.92 Å². The van der Waals surface area contributed by atoms with Gasteiger partial charge in [-0.15, -0.1) is 10.2 Å². The van der Waals surface area contributed by atoms with Gasteiger partial charge in [0.2, 0.25) is 5.91 Å². The van der Waals surface area contributed by atoms with Crippen LogP contribution < -0.4 is 10.6 Å². The predicted octanol–water partition coefficient (Wildman–Crippen LogP) is 2.34. The molecule has 3 rings (SSSR count). The highest BCUT2D eigenvalue weighted by Gasteiger charge is 2.10. The summed E-state index contributed by atoms with van der Waals surface area (Å²) in [6, 6.07) is 15.1. The first-order valence-electron chi connectivity index (χ1n) is 8.74. The molecule has 144 valence electrons. The topological polar surface area (TPSA) is 88.9 Å². The number of carbonyl (C=O) groups is 2. The van der Waals surface area contributed by atoms with Crippen molar-refractivity contribution >= 4 is 23.6 Å². The van der Waals surface area contributed by atoms with Crippen LogP contribution in [-0.2, 0) is 11.3 Å². The summed E-state index contributed by atoms with van der Waals surface area (Å²) in [6.07, 6.45) is 1.64. The molecule has 1 aromatic heterocycles. The Balaban J connectivity index is 1.52. The molecule has 0 aliphatic rings. The van der Waals surface area contributed by atoms with E-state index < -0.39 is 0 Å². The number of aryl methyl sites for hydroxylation is 1. The van der Waals surface area contributed by atoms with Gasteiger partial charge < -0.3 is 10.6 Å². The lowest BCUT2D eigenvalue weighted by atomic mass is 10.1. The van der Waals surface area contributed by atoms with Gasteiger partial charge in [0.1, 0.15) is 6.33 Å². The Kier molecular flexibility index (Phi) is 6.44. The van der Waals surface area contributed by atoms with Crippen LogP contribution in [0.5, 0.6) is 0 Å². The van der Waals surface area contributed by atoms with Crippen molar-refractivity contribution in [3.8, 4) is 5.69 Å². The van der Waals surface area contributed by atoms with Gasteiger partial charge in [0.25, 0.3) is 5.91 Å². The molecule has 0 saturated carbocycles. The molecule has 0 spiro atoms. The van der Waals surface area contributed by atoms with E-state index in [4.69, 9.17) is 0 Å². The zero-order valence-electron chi connectivity index (χ0n) is 15.7. The molecule has 0 atom stereocenters. The van der Waals surface area contributed by atoms with E-state index in [0.717, 1.165) is 11.3 Å². The summed E-state index contributed by atoms with van der Waals surface area (Å²) >= 11 is 1.33. The molecule has 7 nitrogen and oxygen atoms in total. The first kappa shape index (κ1) is 19.6. The summed E-state index contributed by atoms with van der Waals surface area (Å²) in [7, 11) is 1.59. The summed E-state index contributed by atoms with van der Waals surface area (Å²) in [5, 5.41) is 14.2. The summed E-state index contributed by atoms with van der Waals surface area (Å²) in [5.74, 6) is 0.00412. The number of carbonyl (C=O) groups excluding carboxylic acids is 2. The van der Waals surface area contributed by atoms with E-state index in [9.17, 15) is 9.59 Å². The van der Waals surface area contributed by atoms with Crippen LogP contribution in [0.15, 0.2) is 60.0 Å². The fourth-order valence-electron chi connectivity index (χ4n) is 2.51. The van der Waals surface area contributed by atoms with Gasteiger partial charge in [-0.3, -0.25) is 14.2 Å². The lowest BCUT2D eigenvalue weighted by Gasteiger charge is -2.08. The molecule has 2 amide bonds. The molecule has 3 aromatic rings. The number of nitrogens with one attached hydrogen (secondary N) is 2. The van der Waals surface area contributed by atoms with Crippen LogP contribution >= 0.6 is 11.8 Å².